The molecule has 18 heavy (non-hydrogen) atoms. The fraction of sp³-hybridized carbons (Fsp3) is 1.00. The Morgan fingerprint density at radius 3 is 2.78 bits per heavy atom. The molecule has 3 atom stereocenters. The van der Waals surface area contributed by atoms with Crippen LogP contribution in [0.25, 0.3) is 0 Å². The van der Waals surface area contributed by atoms with Gasteiger partial charge in [-0.1, -0.05) is 13.3 Å². The van der Waals surface area contributed by atoms with Crippen LogP contribution in [0.2, 0.25) is 0 Å². The van der Waals surface area contributed by atoms with Crippen molar-refractivity contribution in [3.63, 3.8) is 0 Å². The maximum Gasteiger partial charge on any atom is 0.0223 e. The van der Waals surface area contributed by atoms with Crippen LogP contribution < -0.4 is 5.32 Å². The number of likely N-dealkylation sites (N-methyl/N-ethyl adjacent to an activating group) is 2. The molecule has 1 aliphatic heterocycles. The van der Waals surface area contributed by atoms with E-state index in [0.717, 1.165) is 18.1 Å². The zero-order valence-corrected chi connectivity index (χ0v) is 12.5. The van der Waals surface area contributed by atoms with Crippen molar-refractivity contribution in [3.8, 4) is 0 Å². The van der Waals surface area contributed by atoms with Crippen LogP contribution in [0.3, 0.4) is 0 Å². The second-order valence-corrected chi connectivity index (χ2v) is 6.17. The average molecular weight is 253 g/mol. The number of hydrogen-bond acceptors (Lipinski definition) is 3. The summed E-state index contributed by atoms with van der Waals surface area (Å²) >= 11 is 0. The Morgan fingerprint density at radius 1 is 1.22 bits per heavy atom. The SMILES string of the molecule is CCN1CCCC1CN(C)C1CCCC(NC)C1. The van der Waals surface area contributed by atoms with E-state index >= 15 is 0 Å². The minimum atomic E-state index is 0.747. The van der Waals surface area contributed by atoms with Crippen molar-refractivity contribution in [2.75, 3.05) is 33.7 Å². The third-order valence-corrected chi connectivity index (χ3v) is 5.08. The van der Waals surface area contributed by atoms with Crippen LogP contribution in [0.1, 0.15) is 45.4 Å². The maximum atomic E-state index is 3.47. The first-order chi connectivity index (χ1) is 8.74. The van der Waals surface area contributed by atoms with Gasteiger partial charge in [0.1, 0.15) is 0 Å². The molecule has 2 aliphatic rings. The average Bonchev–Trinajstić information content (AvgIpc) is 2.86. The minimum Gasteiger partial charge on any atom is -0.317 e. The van der Waals surface area contributed by atoms with Gasteiger partial charge in [-0.15, -0.1) is 0 Å². The molecule has 0 amide bonds. The Bertz CT molecular complexity index is 244. The lowest BCUT2D eigenvalue weighted by atomic mass is 9.90. The summed E-state index contributed by atoms with van der Waals surface area (Å²) in [6.45, 7) is 6.12. The summed E-state index contributed by atoms with van der Waals surface area (Å²) in [5, 5.41) is 3.47. The molecule has 0 aromatic heterocycles. The fourth-order valence-electron chi connectivity index (χ4n) is 3.83. The summed E-state index contributed by atoms with van der Waals surface area (Å²) in [5.41, 5.74) is 0. The molecule has 1 heterocycles. The van der Waals surface area contributed by atoms with Crippen molar-refractivity contribution in [1.29, 1.82) is 0 Å². The van der Waals surface area contributed by atoms with Gasteiger partial charge in [0.25, 0.3) is 0 Å². The zero-order chi connectivity index (χ0) is 13.0. The molecule has 3 heteroatoms. The van der Waals surface area contributed by atoms with E-state index in [-0.39, 0.29) is 0 Å². The highest BCUT2D eigenvalue weighted by atomic mass is 15.2. The van der Waals surface area contributed by atoms with Crippen LogP contribution in [0.4, 0.5) is 0 Å². The van der Waals surface area contributed by atoms with Gasteiger partial charge in [-0.3, -0.25) is 4.90 Å². The van der Waals surface area contributed by atoms with Gasteiger partial charge in [-0.2, -0.15) is 0 Å². The predicted molar refractivity (Wildman–Crippen MR) is 78.0 cm³/mol. The third-order valence-electron chi connectivity index (χ3n) is 5.08. The first-order valence-corrected chi connectivity index (χ1v) is 7.86. The second-order valence-electron chi connectivity index (χ2n) is 6.17. The molecule has 0 aromatic carbocycles. The van der Waals surface area contributed by atoms with E-state index < -0.39 is 0 Å². The Balaban J connectivity index is 1.81. The molecule has 0 spiro atoms. The van der Waals surface area contributed by atoms with Crippen molar-refractivity contribution in [1.82, 2.24) is 15.1 Å². The number of likely N-dealkylation sites (tertiary alicyclic amines) is 1. The molecular formula is C15H31N3. The molecule has 0 radical (unpaired) electrons. The zero-order valence-electron chi connectivity index (χ0n) is 12.5. The summed E-state index contributed by atoms with van der Waals surface area (Å²) < 4.78 is 0. The van der Waals surface area contributed by atoms with Crippen molar-refractivity contribution >= 4 is 0 Å². The van der Waals surface area contributed by atoms with E-state index in [1.165, 1.54) is 58.2 Å². The lowest BCUT2D eigenvalue weighted by molar-refractivity contribution is 0.129. The van der Waals surface area contributed by atoms with Crippen LogP contribution in [0.15, 0.2) is 0 Å². The van der Waals surface area contributed by atoms with Crippen molar-refractivity contribution in [3.05, 3.63) is 0 Å². The van der Waals surface area contributed by atoms with Gasteiger partial charge in [0.2, 0.25) is 0 Å². The molecule has 0 aromatic rings. The Kier molecular flexibility index (Phi) is 5.46. The molecule has 106 valence electrons. The molecule has 3 unspecified atom stereocenters. The molecule has 1 N–H and O–H groups in total. The van der Waals surface area contributed by atoms with E-state index in [0.29, 0.717) is 0 Å². The normalized spacial score (nSPS) is 34.3. The smallest absolute Gasteiger partial charge is 0.0223 e. The molecule has 2 rings (SSSR count). The van der Waals surface area contributed by atoms with Crippen molar-refractivity contribution in [2.24, 2.45) is 0 Å². The molecule has 1 saturated heterocycles. The monoisotopic (exact) mass is 253 g/mol. The van der Waals surface area contributed by atoms with E-state index in [4.69, 9.17) is 0 Å². The largest absolute Gasteiger partial charge is 0.317 e. The van der Waals surface area contributed by atoms with Crippen LogP contribution in [0, 0.1) is 0 Å². The van der Waals surface area contributed by atoms with Crippen LogP contribution in [-0.2, 0) is 0 Å². The highest BCUT2D eigenvalue weighted by molar-refractivity contribution is 4.86. The molecular weight excluding hydrogens is 222 g/mol. The molecule has 2 fully saturated rings. The number of nitrogens with zero attached hydrogens (tertiary/aromatic N) is 2. The van der Waals surface area contributed by atoms with Crippen LogP contribution in [-0.4, -0.2) is 61.7 Å². The lowest BCUT2D eigenvalue weighted by Crippen LogP contribution is -2.46. The fourth-order valence-corrected chi connectivity index (χ4v) is 3.83. The maximum absolute atomic E-state index is 3.47. The van der Waals surface area contributed by atoms with Gasteiger partial charge in [-0.25, -0.2) is 0 Å². The summed E-state index contributed by atoms with van der Waals surface area (Å²) in [4.78, 5) is 5.30. The second kappa shape index (κ2) is 6.88. The van der Waals surface area contributed by atoms with E-state index in [1.54, 1.807) is 0 Å². The van der Waals surface area contributed by atoms with Gasteiger partial charge in [-0.05, 0) is 59.3 Å². The van der Waals surface area contributed by atoms with E-state index in [9.17, 15) is 0 Å². The third kappa shape index (κ3) is 3.46. The highest BCUT2D eigenvalue weighted by Gasteiger charge is 2.28. The summed E-state index contributed by atoms with van der Waals surface area (Å²) in [5.74, 6) is 0. The van der Waals surface area contributed by atoms with E-state index in [1.807, 2.05) is 0 Å². The van der Waals surface area contributed by atoms with Gasteiger partial charge in [0.05, 0.1) is 0 Å². The van der Waals surface area contributed by atoms with Gasteiger partial charge >= 0.3 is 0 Å². The molecule has 3 nitrogen and oxygen atoms in total. The van der Waals surface area contributed by atoms with E-state index in [2.05, 4.69) is 36.1 Å². The first-order valence-electron chi connectivity index (χ1n) is 7.86. The number of hydrogen-bond donors (Lipinski definition) is 1. The Labute approximate surface area is 113 Å². The predicted octanol–water partition coefficient (Wildman–Crippen LogP) is 1.93. The van der Waals surface area contributed by atoms with Gasteiger partial charge in [0.15, 0.2) is 0 Å². The Hall–Kier alpha value is -0.120. The van der Waals surface area contributed by atoms with Crippen LogP contribution in [0.5, 0.6) is 0 Å². The molecule has 0 bridgehead atoms. The summed E-state index contributed by atoms with van der Waals surface area (Å²) in [6.07, 6.45) is 8.30. The van der Waals surface area contributed by atoms with Crippen molar-refractivity contribution < 1.29 is 0 Å². The topological polar surface area (TPSA) is 18.5 Å². The van der Waals surface area contributed by atoms with Gasteiger partial charge < -0.3 is 10.2 Å². The highest BCUT2D eigenvalue weighted by Crippen LogP contribution is 2.24. The summed E-state index contributed by atoms with van der Waals surface area (Å²) in [6, 6.07) is 2.36. The molecule has 1 saturated carbocycles. The quantitative estimate of drug-likeness (QED) is 0.808. The number of rotatable bonds is 5. The summed E-state index contributed by atoms with van der Waals surface area (Å²) in [7, 11) is 4.46. The van der Waals surface area contributed by atoms with Crippen molar-refractivity contribution in [2.45, 2.75) is 63.6 Å². The Morgan fingerprint density at radius 2 is 2.06 bits per heavy atom. The number of nitrogens with one attached hydrogen (secondary N) is 1. The standard InChI is InChI=1S/C15H31N3/c1-4-18-10-6-9-15(18)12-17(3)14-8-5-7-13(11-14)16-2/h13-16H,4-12H2,1-3H3. The van der Waals surface area contributed by atoms with Crippen LogP contribution >= 0.6 is 0 Å². The lowest BCUT2D eigenvalue weighted by Gasteiger charge is -2.37. The first kappa shape index (κ1) is 14.3. The molecule has 1 aliphatic carbocycles. The minimum absolute atomic E-state index is 0.747. The van der Waals surface area contributed by atoms with Gasteiger partial charge in [0, 0.05) is 24.7 Å².